The number of pyridine rings is 1. The SMILES string of the molecule is CC(C)c1nc(C(C)C)c(COCc2ccc(F)cc2)c(-c2ccc(F)cc2)c1C=CC(O)CC(O)CCO. The van der Waals surface area contributed by atoms with Gasteiger partial charge in [-0.3, -0.25) is 4.98 Å². The van der Waals surface area contributed by atoms with Gasteiger partial charge in [-0.1, -0.05) is 64.1 Å². The van der Waals surface area contributed by atoms with Crippen LogP contribution in [0.4, 0.5) is 8.78 Å². The maximum Gasteiger partial charge on any atom is 0.123 e. The van der Waals surface area contributed by atoms with Gasteiger partial charge in [-0.2, -0.15) is 0 Å². The normalized spacial score (nSPS) is 13.5. The standard InChI is InChI=1S/C32H39F2NO4/c1-20(2)31-28(14-13-26(37)17-27(38)15-16-36)30(23-7-11-25(34)12-8-23)29(32(35-31)21(3)4)19-39-18-22-5-9-24(33)10-6-22/h5-14,20-21,26-27,36-38H,15-19H2,1-4H3. The molecular weight excluding hydrogens is 500 g/mol. The Labute approximate surface area is 229 Å². The fourth-order valence-electron chi connectivity index (χ4n) is 4.54. The summed E-state index contributed by atoms with van der Waals surface area (Å²) in [6.07, 6.45) is 1.94. The van der Waals surface area contributed by atoms with Crippen LogP contribution in [0.3, 0.4) is 0 Å². The van der Waals surface area contributed by atoms with Gasteiger partial charge in [0.2, 0.25) is 0 Å². The Morgan fingerprint density at radius 3 is 2.00 bits per heavy atom. The van der Waals surface area contributed by atoms with Crippen LogP contribution in [0.15, 0.2) is 54.6 Å². The number of nitrogens with zero attached hydrogens (tertiary/aromatic N) is 1. The van der Waals surface area contributed by atoms with E-state index < -0.39 is 12.2 Å². The molecule has 0 spiro atoms. The van der Waals surface area contributed by atoms with E-state index in [-0.39, 0.29) is 56.1 Å². The molecule has 1 aromatic heterocycles. The molecule has 5 nitrogen and oxygen atoms in total. The fourth-order valence-corrected chi connectivity index (χ4v) is 4.54. The highest BCUT2D eigenvalue weighted by Gasteiger charge is 2.23. The van der Waals surface area contributed by atoms with Crippen molar-refractivity contribution in [1.29, 1.82) is 0 Å². The summed E-state index contributed by atoms with van der Waals surface area (Å²) in [6, 6.07) is 12.4. The average molecular weight is 540 g/mol. The Balaban J connectivity index is 2.12. The Kier molecular flexibility index (Phi) is 11.3. The van der Waals surface area contributed by atoms with E-state index in [4.69, 9.17) is 14.8 Å². The summed E-state index contributed by atoms with van der Waals surface area (Å²) in [5.74, 6) is -0.535. The lowest BCUT2D eigenvalue weighted by atomic mass is 9.87. The number of hydrogen-bond acceptors (Lipinski definition) is 5. The van der Waals surface area contributed by atoms with Gasteiger partial charge in [-0.15, -0.1) is 0 Å². The molecule has 0 radical (unpaired) electrons. The average Bonchev–Trinajstić information content (AvgIpc) is 2.88. The van der Waals surface area contributed by atoms with Crippen LogP contribution < -0.4 is 0 Å². The van der Waals surface area contributed by atoms with Crippen LogP contribution in [0.2, 0.25) is 0 Å². The van der Waals surface area contributed by atoms with Crippen molar-refractivity contribution in [3.05, 3.63) is 94.3 Å². The van der Waals surface area contributed by atoms with E-state index in [1.165, 1.54) is 24.3 Å². The number of hydrogen-bond donors (Lipinski definition) is 3. The molecule has 0 fully saturated rings. The molecule has 0 aliphatic heterocycles. The third-order valence-electron chi connectivity index (χ3n) is 6.51. The monoisotopic (exact) mass is 539 g/mol. The third-order valence-corrected chi connectivity index (χ3v) is 6.51. The van der Waals surface area contributed by atoms with Crippen LogP contribution in [0.1, 0.15) is 80.5 Å². The lowest BCUT2D eigenvalue weighted by Crippen LogP contribution is -2.17. The van der Waals surface area contributed by atoms with E-state index in [1.807, 2.05) is 19.9 Å². The molecule has 2 atom stereocenters. The molecule has 0 aliphatic carbocycles. The van der Waals surface area contributed by atoms with Crippen molar-refractivity contribution >= 4 is 6.08 Å². The number of aromatic nitrogens is 1. The van der Waals surface area contributed by atoms with Gasteiger partial charge in [-0.25, -0.2) is 8.78 Å². The molecule has 3 N–H and O–H groups in total. The smallest absolute Gasteiger partial charge is 0.123 e. The van der Waals surface area contributed by atoms with Crippen LogP contribution in [0, 0.1) is 11.6 Å². The van der Waals surface area contributed by atoms with Crippen LogP contribution in [-0.2, 0) is 18.0 Å². The van der Waals surface area contributed by atoms with Gasteiger partial charge < -0.3 is 20.1 Å². The molecule has 3 aromatic rings. The molecule has 0 amide bonds. The predicted molar refractivity (Wildman–Crippen MR) is 150 cm³/mol. The van der Waals surface area contributed by atoms with E-state index in [9.17, 15) is 19.0 Å². The number of aliphatic hydroxyl groups is 3. The first-order chi connectivity index (χ1) is 18.6. The van der Waals surface area contributed by atoms with Gasteiger partial charge >= 0.3 is 0 Å². The van der Waals surface area contributed by atoms with Crippen molar-refractivity contribution in [2.24, 2.45) is 0 Å². The Hall–Kier alpha value is -2.97. The zero-order valence-electron chi connectivity index (χ0n) is 23.1. The molecular formula is C32H39F2NO4. The van der Waals surface area contributed by atoms with Crippen molar-refractivity contribution in [3.63, 3.8) is 0 Å². The van der Waals surface area contributed by atoms with Gasteiger partial charge in [-0.05, 0) is 59.2 Å². The van der Waals surface area contributed by atoms with Crippen LogP contribution in [-0.4, -0.2) is 39.1 Å². The van der Waals surface area contributed by atoms with Gasteiger partial charge in [0.1, 0.15) is 11.6 Å². The molecule has 2 aromatic carbocycles. The van der Waals surface area contributed by atoms with Crippen molar-refractivity contribution in [2.45, 2.75) is 77.8 Å². The van der Waals surface area contributed by atoms with Crippen molar-refractivity contribution in [1.82, 2.24) is 4.98 Å². The minimum atomic E-state index is -0.935. The molecule has 7 heteroatoms. The highest BCUT2D eigenvalue weighted by atomic mass is 19.1. The molecule has 0 saturated heterocycles. The van der Waals surface area contributed by atoms with E-state index in [2.05, 4.69) is 13.8 Å². The highest BCUT2D eigenvalue weighted by molar-refractivity contribution is 5.80. The Morgan fingerprint density at radius 1 is 0.846 bits per heavy atom. The number of rotatable bonds is 13. The maximum absolute atomic E-state index is 13.9. The topological polar surface area (TPSA) is 82.8 Å². The number of halogens is 2. The summed E-state index contributed by atoms with van der Waals surface area (Å²) in [7, 11) is 0. The molecule has 0 bridgehead atoms. The minimum Gasteiger partial charge on any atom is -0.396 e. The first-order valence-electron chi connectivity index (χ1n) is 13.4. The highest BCUT2D eigenvalue weighted by Crippen LogP contribution is 2.38. The van der Waals surface area contributed by atoms with Crippen molar-refractivity contribution in [3.8, 4) is 11.1 Å². The summed E-state index contributed by atoms with van der Waals surface area (Å²) in [5.41, 5.74) is 5.82. The number of benzene rings is 2. The minimum absolute atomic E-state index is 0.0488. The Morgan fingerprint density at radius 2 is 1.44 bits per heavy atom. The van der Waals surface area contributed by atoms with E-state index >= 15 is 0 Å². The quantitative estimate of drug-likeness (QED) is 0.231. The second-order valence-corrected chi connectivity index (χ2v) is 10.4. The molecule has 1 heterocycles. The van der Waals surface area contributed by atoms with E-state index in [0.29, 0.717) is 0 Å². The zero-order chi connectivity index (χ0) is 28.5. The fraction of sp³-hybridized carbons (Fsp3) is 0.406. The molecule has 2 unspecified atom stereocenters. The maximum atomic E-state index is 13.9. The number of aliphatic hydroxyl groups excluding tert-OH is 3. The van der Waals surface area contributed by atoms with Gasteiger partial charge in [0.05, 0.1) is 31.1 Å². The molecule has 3 rings (SSSR count). The summed E-state index contributed by atoms with van der Waals surface area (Å²) < 4.78 is 33.4. The Bertz CT molecular complexity index is 1220. The first-order valence-corrected chi connectivity index (χ1v) is 13.4. The van der Waals surface area contributed by atoms with E-state index in [0.717, 1.165) is 39.2 Å². The lowest BCUT2D eigenvalue weighted by molar-refractivity contribution is 0.0827. The van der Waals surface area contributed by atoms with Gasteiger partial charge in [0.15, 0.2) is 0 Å². The second kappa shape index (κ2) is 14.4. The predicted octanol–water partition coefficient (Wildman–Crippen LogP) is 6.50. The van der Waals surface area contributed by atoms with Crippen LogP contribution in [0.5, 0.6) is 0 Å². The lowest BCUT2D eigenvalue weighted by Gasteiger charge is -2.24. The molecule has 0 saturated carbocycles. The molecule has 0 aliphatic rings. The second-order valence-electron chi connectivity index (χ2n) is 10.4. The van der Waals surface area contributed by atoms with Crippen LogP contribution >= 0.6 is 0 Å². The summed E-state index contributed by atoms with van der Waals surface area (Å²) in [6.45, 7) is 8.56. The molecule has 210 valence electrons. The third kappa shape index (κ3) is 8.51. The summed E-state index contributed by atoms with van der Waals surface area (Å²) in [5, 5.41) is 29.7. The van der Waals surface area contributed by atoms with E-state index in [1.54, 1.807) is 30.3 Å². The van der Waals surface area contributed by atoms with Gasteiger partial charge in [0, 0.05) is 29.8 Å². The van der Waals surface area contributed by atoms with Gasteiger partial charge in [0.25, 0.3) is 0 Å². The first kappa shape index (κ1) is 30.6. The number of ether oxygens (including phenoxy) is 1. The van der Waals surface area contributed by atoms with Crippen molar-refractivity contribution < 1.29 is 28.8 Å². The zero-order valence-corrected chi connectivity index (χ0v) is 23.1. The molecule has 39 heavy (non-hydrogen) atoms. The van der Waals surface area contributed by atoms with Crippen LogP contribution in [0.25, 0.3) is 17.2 Å². The largest absolute Gasteiger partial charge is 0.396 e. The summed E-state index contributed by atoms with van der Waals surface area (Å²) >= 11 is 0. The van der Waals surface area contributed by atoms with Crippen molar-refractivity contribution in [2.75, 3.05) is 6.61 Å². The summed E-state index contributed by atoms with van der Waals surface area (Å²) in [4.78, 5) is 5.06.